The molecule has 1 fully saturated rings. The molecule has 1 saturated carbocycles. The van der Waals surface area contributed by atoms with E-state index in [1.54, 1.807) is 0 Å². The number of hydrogen-bond donors (Lipinski definition) is 0. The first kappa shape index (κ1) is 12.3. The van der Waals surface area contributed by atoms with Crippen LogP contribution in [0, 0.1) is 5.92 Å². The second-order valence-electron chi connectivity index (χ2n) is 4.22. The van der Waals surface area contributed by atoms with Crippen LogP contribution in [-0.4, -0.2) is 25.3 Å². The Bertz CT molecular complexity index is 261. The van der Waals surface area contributed by atoms with Crippen LogP contribution in [0.5, 0.6) is 0 Å². The molecule has 14 heavy (non-hydrogen) atoms. The topological polar surface area (TPSA) is 34.1 Å². The third-order valence-electron chi connectivity index (χ3n) is 2.83. The molecule has 0 radical (unpaired) electrons. The molecule has 0 spiro atoms. The monoisotopic (exact) mass is 238 g/mol. The highest BCUT2D eigenvalue weighted by Crippen LogP contribution is 2.31. The van der Waals surface area contributed by atoms with Crippen molar-refractivity contribution in [3.8, 4) is 0 Å². The summed E-state index contributed by atoms with van der Waals surface area (Å²) >= 11 is 5.97. The molecule has 0 saturated heterocycles. The predicted octanol–water partition coefficient (Wildman–Crippen LogP) is 2.61. The van der Waals surface area contributed by atoms with E-state index in [-0.39, 0.29) is 5.38 Å². The standard InChI is InChI=1S/C10H19ClO2S/c1-2-6-14(12,13)7-5-9-3-4-10(11)8-9/h9-10H,2-8H2,1H3. The molecule has 84 valence electrons. The van der Waals surface area contributed by atoms with Crippen LogP contribution < -0.4 is 0 Å². The minimum absolute atomic E-state index is 0.286. The van der Waals surface area contributed by atoms with E-state index < -0.39 is 9.84 Å². The Morgan fingerprint density at radius 2 is 2.00 bits per heavy atom. The van der Waals surface area contributed by atoms with Crippen LogP contribution in [-0.2, 0) is 9.84 Å². The lowest BCUT2D eigenvalue weighted by Crippen LogP contribution is -2.13. The smallest absolute Gasteiger partial charge is 0.150 e. The Balaban J connectivity index is 2.26. The summed E-state index contributed by atoms with van der Waals surface area (Å²) in [6.45, 7) is 1.90. The average molecular weight is 239 g/mol. The van der Waals surface area contributed by atoms with Crippen molar-refractivity contribution in [1.29, 1.82) is 0 Å². The number of hydrogen-bond acceptors (Lipinski definition) is 2. The zero-order chi connectivity index (χ0) is 10.6. The van der Waals surface area contributed by atoms with Gasteiger partial charge in [-0.15, -0.1) is 11.6 Å². The van der Waals surface area contributed by atoms with E-state index in [1.165, 1.54) is 0 Å². The van der Waals surface area contributed by atoms with E-state index in [0.29, 0.717) is 17.4 Å². The van der Waals surface area contributed by atoms with E-state index in [2.05, 4.69) is 0 Å². The van der Waals surface area contributed by atoms with Crippen molar-refractivity contribution in [1.82, 2.24) is 0 Å². The maximum atomic E-state index is 11.4. The summed E-state index contributed by atoms with van der Waals surface area (Å²) in [5, 5.41) is 0.286. The maximum Gasteiger partial charge on any atom is 0.150 e. The number of sulfone groups is 1. The molecule has 2 nitrogen and oxygen atoms in total. The zero-order valence-corrected chi connectivity index (χ0v) is 10.3. The fourth-order valence-corrected chi connectivity index (χ4v) is 3.93. The van der Waals surface area contributed by atoms with Gasteiger partial charge in [-0.1, -0.05) is 6.92 Å². The molecular formula is C10H19ClO2S. The molecule has 1 rings (SSSR count). The van der Waals surface area contributed by atoms with E-state index >= 15 is 0 Å². The van der Waals surface area contributed by atoms with Gasteiger partial charge in [-0.3, -0.25) is 0 Å². The molecule has 0 amide bonds. The zero-order valence-electron chi connectivity index (χ0n) is 8.71. The van der Waals surface area contributed by atoms with Crippen LogP contribution >= 0.6 is 11.6 Å². The first-order valence-electron chi connectivity index (χ1n) is 5.38. The molecule has 0 N–H and O–H groups in total. The lowest BCUT2D eigenvalue weighted by atomic mass is 10.1. The number of alkyl halides is 1. The Hall–Kier alpha value is 0.240. The first-order valence-corrected chi connectivity index (χ1v) is 7.64. The summed E-state index contributed by atoms with van der Waals surface area (Å²) < 4.78 is 22.9. The number of halogens is 1. The fraction of sp³-hybridized carbons (Fsp3) is 1.00. The summed E-state index contributed by atoms with van der Waals surface area (Å²) in [6, 6.07) is 0. The van der Waals surface area contributed by atoms with Crippen molar-refractivity contribution in [2.75, 3.05) is 11.5 Å². The molecule has 0 bridgehead atoms. The first-order chi connectivity index (χ1) is 6.53. The molecule has 1 aliphatic rings. The Morgan fingerprint density at radius 3 is 2.50 bits per heavy atom. The van der Waals surface area contributed by atoms with E-state index in [4.69, 9.17) is 11.6 Å². The second kappa shape index (κ2) is 5.36. The highest BCUT2D eigenvalue weighted by molar-refractivity contribution is 7.91. The van der Waals surface area contributed by atoms with Crippen molar-refractivity contribution >= 4 is 21.4 Å². The summed E-state index contributed by atoms with van der Waals surface area (Å²) in [5.74, 6) is 1.24. The van der Waals surface area contributed by atoms with Gasteiger partial charge in [0.15, 0.2) is 0 Å². The largest absolute Gasteiger partial charge is 0.229 e. The van der Waals surface area contributed by atoms with Gasteiger partial charge in [0.1, 0.15) is 9.84 Å². The average Bonchev–Trinajstić information content (AvgIpc) is 2.48. The molecule has 2 unspecified atom stereocenters. The van der Waals surface area contributed by atoms with Crippen molar-refractivity contribution in [3.05, 3.63) is 0 Å². The van der Waals surface area contributed by atoms with Crippen molar-refractivity contribution in [2.45, 2.75) is 44.4 Å². The van der Waals surface area contributed by atoms with Gasteiger partial charge in [-0.25, -0.2) is 8.42 Å². The number of rotatable bonds is 5. The third-order valence-corrected chi connectivity index (χ3v) is 5.11. The SMILES string of the molecule is CCCS(=O)(=O)CCC1CCC(Cl)C1. The van der Waals surface area contributed by atoms with Gasteiger partial charge in [0.05, 0.1) is 5.75 Å². The predicted molar refractivity (Wildman–Crippen MR) is 60.5 cm³/mol. The minimum atomic E-state index is -2.78. The lowest BCUT2D eigenvalue weighted by molar-refractivity contribution is 0.521. The highest BCUT2D eigenvalue weighted by atomic mass is 35.5. The second-order valence-corrected chi connectivity index (χ2v) is 7.14. The van der Waals surface area contributed by atoms with Crippen LogP contribution in [0.4, 0.5) is 0 Å². The van der Waals surface area contributed by atoms with E-state index in [9.17, 15) is 8.42 Å². The molecular weight excluding hydrogens is 220 g/mol. The van der Waals surface area contributed by atoms with Crippen LogP contribution in [0.1, 0.15) is 39.0 Å². The molecule has 0 aliphatic heterocycles. The van der Waals surface area contributed by atoms with Gasteiger partial charge in [-0.2, -0.15) is 0 Å². The van der Waals surface area contributed by atoms with Gasteiger partial charge < -0.3 is 0 Å². The molecule has 1 aliphatic carbocycles. The summed E-state index contributed by atoms with van der Waals surface area (Å²) in [7, 11) is -2.78. The van der Waals surface area contributed by atoms with Crippen LogP contribution in [0.25, 0.3) is 0 Å². The van der Waals surface area contributed by atoms with E-state index in [0.717, 1.165) is 32.1 Å². The van der Waals surface area contributed by atoms with Crippen LogP contribution in [0.15, 0.2) is 0 Å². The van der Waals surface area contributed by atoms with Crippen molar-refractivity contribution in [2.24, 2.45) is 5.92 Å². The highest BCUT2D eigenvalue weighted by Gasteiger charge is 2.24. The van der Waals surface area contributed by atoms with Crippen LogP contribution in [0.2, 0.25) is 0 Å². The molecule has 2 atom stereocenters. The third kappa shape index (κ3) is 4.18. The van der Waals surface area contributed by atoms with Gasteiger partial charge in [0.2, 0.25) is 0 Å². The summed E-state index contributed by atoms with van der Waals surface area (Å²) in [4.78, 5) is 0. The normalized spacial score (nSPS) is 28.1. The van der Waals surface area contributed by atoms with Gasteiger partial charge in [0.25, 0.3) is 0 Å². The fourth-order valence-electron chi connectivity index (χ4n) is 2.04. The van der Waals surface area contributed by atoms with E-state index in [1.807, 2.05) is 6.92 Å². The van der Waals surface area contributed by atoms with Gasteiger partial charge in [0, 0.05) is 11.1 Å². The Morgan fingerprint density at radius 1 is 1.29 bits per heavy atom. The van der Waals surface area contributed by atoms with Crippen LogP contribution in [0.3, 0.4) is 0 Å². The minimum Gasteiger partial charge on any atom is -0.229 e. The van der Waals surface area contributed by atoms with Crippen molar-refractivity contribution < 1.29 is 8.42 Å². The van der Waals surface area contributed by atoms with Gasteiger partial charge >= 0.3 is 0 Å². The molecule has 0 aromatic rings. The van der Waals surface area contributed by atoms with Gasteiger partial charge in [-0.05, 0) is 38.0 Å². The Kier molecular flexibility index (Phi) is 4.71. The van der Waals surface area contributed by atoms with Crippen molar-refractivity contribution in [3.63, 3.8) is 0 Å². The summed E-state index contributed by atoms with van der Waals surface area (Å²) in [6.07, 6.45) is 4.70. The Labute approximate surface area is 91.9 Å². The maximum absolute atomic E-state index is 11.4. The molecule has 4 heteroatoms. The lowest BCUT2D eigenvalue weighted by Gasteiger charge is -2.08. The quantitative estimate of drug-likeness (QED) is 0.690. The molecule has 0 aromatic carbocycles. The summed E-state index contributed by atoms with van der Waals surface area (Å²) in [5.41, 5.74) is 0. The molecule has 0 aromatic heterocycles. The molecule has 0 heterocycles.